The molecule has 6 heteroatoms. The summed E-state index contributed by atoms with van der Waals surface area (Å²) >= 11 is 0. The van der Waals surface area contributed by atoms with Crippen molar-refractivity contribution in [2.45, 2.75) is 39.7 Å². The van der Waals surface area contributed by atoms with Gasteiger partial charge >= 0.3 is 5.97 Å². The number of hydrogen-bond acceptors (Lipinski definition) is 3. The van der Waals surface area contributed by atoms with Gasteiger partial charge in [-0.15, -0.1) is 0 Å². The SMILES string of the molecule is Cc1c(C(C)NC(=O)CC(C)CC(=O)O)cnn1C. The number of rotatable bonds is 6. The molecule has 1 aromatic heterocycles. The number of carbonyl (C=O) groups is 2. The van der Waals surface area contributed by atoms with Gasteiger partial charge in [-0.2, -0.15) is 5.10 Å². The molecule has 19 heavy (non-hydrogen) atoms. The van der Waals surface area contributed by atoms with Crippen LogP contribution in [-0.4, -0.2) is 26.8 Å². The Morgan fingerprint density at radius 3 is 2.53 bits per heavy atom. The molecular formula is C13H21N3O3. The second kappa shape index (κ2) is 6.36. The maximum atomic E-state index is 11.8. The lowest BCUT2D eigenvalue weighted by Gasteiger charge is -2.15. The molecule has 0 saturated carbocycles. The highest BCUT2D eigenvalue weighted by molar-refractivity contribution is 5.77. The molecule has 2 unspecified atom stereocenters. The number of amides is 1. The van der Waals surface area contributed by atoms with Gasteiger partial charge in [-0.1, -0.05) is 6.92 Å². The summed E-state index contributed by atoms with van der Waals surface area (Å²) in [5, 5.41) is 15.7. The van der Waals surface area contributed by atoms with Crippen molar-refractivity contribution >= 4 is 11.9 Å². The van der Waals surface area contributed by atoms with Gasteiger partial charge in [0.15, 0.2) is 0 Å². The van der Waals surface area contributed by atoms with Crippen LogP contribution in [0.3, 0.4) is 0 Å². The summed E-state index contributed by atoms with van der Waals surface area (Å²) in [6.45, 7) is 5.59. The fourth-order valence-electron chi connectivity index (χ4n) is 2.01. The van der Waals surface area contributed by atoms with E-state index in [9.17, 15) is 9.59 Å². The summed E-state index contributed by atoms with van der Waals surface area (Å²) in [5.41, 5.74) is 1.98. The predicted octanol–water partition coefficient (Wildman–Crippen LogP) is 1.41. The number of nitrogens with one attached hydrogen (secondary N) is 1. The lowest BCUT2D eigenvalue weighted by Crippen LogP contribution is -2.28. The van der Waals surface area contributed by atoms with E-state index in [1.165, 1.54) is 0 Å². The van der Waals surface area contributed by atoms with Crippen molar-refractivity contribution in [1.29, 1.82) is 0 Å². The van der Waals surface area contributed by atoms with Crippen LogP contribution in [-0.2, 0) is 16.6 Å². The molecule has 1 heterocycles. The molecule has 0 spiro atoms. The second-order valence-corrected chi connectivity index (χ2v) is 5.01. The highest BCUT2D eigenvalue weighted by Gasteiger charge is 2.17. The summed E-state index contributed by atoms with van der Waals surface area (Å²) in [5.74, 6) is -1.18. The zero-order chi connectivity index (χ0) is 14.6. The van der Waals surface area contributed by atoms with Crippen LogP contribution in [0.2, 0.25) is 0 Å². The molecular weight excluding hydrogens is 246 g/mol. The highest BCUT2D eigenvalue weighted by Crippen LogP contribution is 2.17. The number of hydrogen-bond donors (Lipinski definition) is 2. The Bertz CT molecular complexity index is 468. The van der Waals surface area contributed by atoms with E-state index in [1.54, 1.807) is 17.8 Å². The molecule has 0 saturated heterocycles. The Labute approximate surface area is 112 Å². The molecule has 0 fully saturated rings. The number of aromatic nitrogens is 2. The third-order valence-electron chi connectivity index (χ3n) is 3.17. The molecule has 0 bridgehead atoms. The molecule has 2 N–H and O–H groups in total. The van der Waals surface area contributed by atoms with Crippen molar-refractivity contribution in [2.24, 2.45) is 13.0 Å². The molecule has 6 nitrogen and oxygen atoms in total. The Morgan fingerprint density at radius 1 is 1.42 bits per heavy atom. The first kappa shape index (κ1) is 15.2. The van der Waals surface area contributed by atoms with Crippen LogP contribution < -0.4 is 5.32 Å². The van der Waals surface area contributed by atoms with Crippen molar-refractivity contribution in [3.63, 3.8) is 0 Å². The van der Waals surface area contributed by atoms with Crippen molar-refractivity contribution in [2.75, 3.05) is 0 Å². The number of carbonyl (C=O) groups excluding carboxylic acids is 1. The minimum atomic E-state index is -0.878. The van der Waals surface area contributed by atoms with Gasteiger partial charge < -0.3 is 10.4 Å². The molecule has 106 valence electrons. The van der Waals surface area contributed by atoms with Crippen LogP contribution in [0.4, 0.5) is 0 Å². The number of carboxylic acid groups (broad SMARTS) is 1. The summed E-state index contributed by atoms with van der Waals surface area (Å²) in [6.07, 6.45) is 1.96. The van der Waals surface area contributed by atoms with E-state index >= 15 is 0 Å². The van der Waals surface area contributed by atoms with Crippen LogP contribution in [0.25, 0.3) is 0 Å². The van der Waals surface area contributed by atoms with Crippen LogP contribution in [0, 0.1) is 12.8 Å². The minimum absolute atomic E-state index is 0.00766. The van der Waals surface area contributed by atoms with E-state index in [-0.39, 0.29) is 30.7 Å². The van der Waals surface area contributed by atoms with Crippen molar-refractivity contribution in [3.8, 4) is 0 Å². The maximum Gasteiger partial charge on any atom is 0.303 e. The molecule has 0 aliphatic rings. The smallest absolute Gasteiger partial charge is 0.303 e. The van der Waals surface area contributed by atoms with Crippen LogP contribution in [0.15, 0.2) is 6.20 Å². The van der Waals surface area contributed by atoms with Gasteiger partial charge in [-0.3, -0.25) is 14.3 Å². The second-order valence-electron chi connectivity index (χ2n) is 5.01. The lowest BCUT2D eigenvalue weighted by molar-refractivity contribution is -0.138. The fraction of sp³-hybridized carbons (Fsp3) is 0.615. The van der Waals surface area contributed by atoms with Gasteiger partial charge in [0.05, 0.1) is 12.2 Å². The quantitative estimate of drug-likeness (QED) is 0.816. The van der Waals surface area contributed by atoms with Crippen molar-refractivity contribution < 1.29 is 14.7 Å². The topological polar surface area (TPSA) is 84.2 Å². The zero-order valence-electron chi connectivity index (χ0n) is 11.8. The summed E-state index contributed by atoms with van der Waals surface area (Å²) in [6, 6.07) is -0.127. The monoisotopic (exact) mass is 267 g/mol. The van der Waals surface area contributed by atoms with E-state index in [2.05, 4.69) is 10.4 Å². The van der Waals surface area contributed by atoms with Gasteiger partial charge in [0.2, 0.25) is 5.91 Å². The van der Waals surface area contributed by atoms with E-state index in [0.717, 1.165) is 11.3 Å². The van der Waals surface area contributed by atoms with Crippen molar-refractivity contribution in [3.05, 3.63) is 17.5 Å². The summed E-state index contributed by atoms with van der Waals surface area (Å²) in [7, 11) is 1.85. The van der Waals surface area contributed by atoms with E-state index in [1.807, 2.05) is 20.9 Å². The Morgan fingerprint density at radius 2 is 2.05 bits per heavy atom. The molecule has 0 aliphatic heterocycles. The van der Waals surface area contributed by atoms with Gasteiger partial charge in [0.25, 0.3) is 0 Å². The van der Waals surface area contributed by atoms with Gasteiger partial charge in [0.1, 0.15) is 0 Å². The first-order chi connectivity index (χ1) is 8.81. The van der Waals surface area contributed by atoms with Gasteiger partial charge in [-0.05, 0) is 19.8 Å². The third kappa shape index (κ3) is 4.39. The summed E-state index contributed by atoms with van der Waals surface area (Å²) in [4.78, 5) is 22.3. The molecule has 2 atom stereocenters. The lowest BCUT2D eigenvalue weighted by atomic mass is 10.0. The van der Waals surface area contributed by atoms with Gasteiger partial charge in [-0.25, -0.2) is 0 Å². The maximum absolute atomic E-state index is 11.8. The fourth-order valence-corrected chi connectivity index (χ4v) is 2.01. The Balaban J connectivity index is 2.53. The average molecular weight is 267 g/mol. The van der Waals surface area contributed by atoms with E-state index in [0.29, 0.717) is 0 Å². The van der Waals surface area contributed by atoms with E-state index in [4.69, 9.17) is 5.11 Å². The molecule has 1 rings (SSSR count). The number of carboxylic acids is 1. The Kier molecular flexibility index (Phi) is 5.09. The first-order valence-corrected chi connectivity index (χ1v) is 6.31. The van der Waals surface area contributed by atoms with Crippen LogP contribution in [0.1, 0.15) is 44.0 Å². The number of aryl methyl sites for hydroxylation is 1. The number of aliphatic carboxylic acids is 1. The molecule has 1 amide bonds. The number of nitrogens with zero attached hydrogens (tertiary/aromatic N) is 2. The van der Waals surface area contributed by atoms with Crippen molar-refractivity contribution in [1.82, 2.24) is 15.1 Å². The van der Waals surface area contributed by atoms with Gasteiger partial charge in [0, 0.05) is 31.1 Å². The molecule has 1 aromatic rings. The molecule has 0 aliphatic carbocycles. The molecule has 0 radical (unpaired) electrons. The van der Waals surface area contributed by atoms with Crippen LogP contribution in [0.5, 0.6) is 0 Å². The highest BCUT2D eigenvalue weighted by atomic mass is 16.4. The first-order valence-electron chi connectivity index (χ1n) is 6.31. The standard InChI is InChI=1S/C13H21N3O3/c1-8(6-13(18)19)5-12(17)15-9(2)11-7-14-16(4)10(11)3/h7-9H,5-6H2,1-4H3,(H,15,17)(H,18,19). The molecule has 0 aromatic carbocycles. The summed E-state index contributed by atoms with van der Waals surface area (Å²) < 4.78 is 1.76. The largest absolute Gasteiger partial charge is 0.481 e. The average Bonchev–Trinajstić information content (AvgIpc) is 2.57. The normalized spacial score (nSPS) is 13.9. The van der Waals surface area contributed by atoms with E-state index < -0.39 is 5.97 Å². The zero-order valence-corrected chi connectivity index (χ0v) is 11.8. The predicted molar refractivity (Wildman–Crippen MR) is 70.5 cm³/mol. The minimum Gasteiger partial charge on any atom is -0.481 e. The van der Waals surface area contributed by atoms with Crippen LogP contribution >= 0.6 is 0 Å². The Hall–Kier alpha value is -1.85. The third-order valence-corrected chi connectivity index (χ3v) is 3.17.